The highest BCUT2D eigenvalue weighted by molar-refractivity contribution is 4.86. The summed E-state index contributed by atoms with van der Waals surface area (Å²) >= 11 is 0. The summed E-state index contributed by atoms with van der Waals surface area (Å²) in [4.78, 5) is 2.49. The summed E-state index contributed by atoms with van der Waals surface area (Å²) in [5, 5.41) is 0. The van der Waals surface area contributed by atoms with Crippen molar-refractivity contribution in [2.24, 2.45) is 17.6 Å². The van der Waals surface area contributed by atoms with Crippen LogP contribution in [0.4, 0.5) is 0 Å². The maximum atomic E-state index is 5.85. The Morgan fingerprint density at radius 2 is 2.07 bits per heavy atom. The average Bonchev–Trinajstić information content (AvgIpc) is 2.89. The molecule has 0 heterocycles. The van der Waals surface area contributed by atoms with Crippen LogP contribution in [0.1, 0.15) is 46.0 Å². The Hall–Kier alpha value is -0.0800. The highest BCUT2D eigenvalue weighted by atomic mass is 15.1. The van der Waals surface area contributed by atoms with Crippen molar-refractivity contribution < 1.29 is 0 Å². The van der Waals surface area contributed by atoms with Gasteiger partial charge in [-0.3, -0.25) is 0 Å². The van der Waals surface area contributed by atoms with E-state index in [1.54, 1.807) is 0 Å². The summed E-state index contributed by atoms with van der Waals surface area (Å²) in [6.07, 6.45) is 6.70. The Balaban J connectivity index is 2.17. The van der Waals surface area contributed by atoms with Crippen LogP contribution < -0.4 is 5.73 Å². The number of nitrogens with zero attached hydrogens (tertiary/aromatic N) is 1. The first-order valence-corrected chi connectivity index (χ1v) is 6.59. The molecule has 0 spiro atoms. The Morgan fingerprint density at radius 1 is 1.40 bits per heavy atom. The number of likely N-dealkylation sites (N-methyl/N-ethyl adjacent to an activating group) is 1. The number of hydrogen-bond donors (Lipinski definition) is 1. The lowest BCUT2D eigenvalue weighted by Crippen LogP contribution is -2.39. The molecular weight excluding hydrogens is 184 g/mol. The predicted octanol–water partition coefficient (Wildman–Crippen LogP) is 2.48. The fourth-order valence-corrected chi connectivity index (χ4v) is 2.32. The summed E-state index contributed by atoms with van der Waals surface area (Å²) in [5.41, 5.74) is 5.85. The molecule has 0 bridgehead atoms. The molecule has 2 nitrogen and oxygen atoms in total. The van der Waals surface area contributed by atoms with Gasteiger partial charge >= 0.3 is 0 Å². The minimum atomic E-state index is 0.615. The van der Waals surface area contributed by atoms with Crippen LogP contribution in [-0.4, -0.2) is 31.1 Å². The van der Waals surface area contributed by atoms with E-state index in [1.807, 2.05) is 0 Å². The fraction of sp³-hybridized carbons (Fsp3) is 1.00. The molecule has 2 heteroatoms. The van der Waals surface area contributed by atoms with E-state index in [4.69, 9.17) is 5.73 Å². The molecule has 0 saturated heterocycles. The lowest BCUT2D eigenvalue weighted by atomic mass is 10.1. The summed E-state index contributed by atoms with van der Waals surface area (Å²) in [7, 11) is 2.24. The molecule has 1 aliphatic carbocycles. The van der Waals surface area contributed by atoms with Crippen LogP contribution in [-0.2, 0) is 0 Å². The molecule has 15 heavy (non-hydrogen) atoms. The second-order valence-corrected chi connectivity index (χ2v) is 5.30. The van der Waals surface area contributed by atoms with Crippen molar-refractivity contribution in [1.82, 2.24) is 4.90 Å². The van der Waals surface area contributed by atoms with E-state index in [9.17, 15) is 0 Å². The van der Waals surface area contributed by atoms with Gasteiger partial charge in [0.1, 0.15) is 0 Å². The SMILES string of the molecule is CCCCCC(CN)N(C)CC1CC1C. The third-order valence-corrected chi connectivity index (χ3v) is 3.83. The van der Waals surface area contributed by atoms with Crippen LogP contribution in [0, 0.1) is 11.8 Å². The zero-order valence-corrected chi connectivity index (χ0v) is 10.7. The van der Waals surface area contributed by atoms with Crippen molar-refractivity contribution in [2.45, 2.75) is 52.0 Å². The first kappa shape index (κ1) is 13.0. The van der Waals surface area contributed by atoms with Gasteiger partial charge in [0.25, 0.3) is 0 Å². The van der Waals surface area contributed by atoms with Crippen molar-refractivity contribution in [3.63, 3.8) is 0 Å². The van der Waals surface area contributed by atoms with Crippen LogP contribution in [0.5, 0.6) is 0 Å². The first-order valence-electron chi connectivity index (χ1n) is 6.59. The van der Waals surface area contributed by atoms with Crippen LogP contribution in [0.2, 0.25) is 0 Å². The second kappa shape index (κ2) is 6.49. The largest absolute Gasteiger partial charge is 0.329 e. The van der Waals surface area contributed by atoms with Crippen LogP contribution in [0.15, 0.2) is 0 Å². The molecule has 2 N–H and O–H groups in total. The maximum Gasteiger partial charge on any atom is 0.0215 e. The zero-order chi connectivity index (χ0) is 11.3. The molecule has 1 saturated carbocycles. The molecule has 0 aliphatic heterocycles. The van der Waals surface area contributed by atoms with Crippen molar-refractivity contribution >= 4 is 0 Å². The Morgan fingerprint density at radius 3 is 2.53 bits per heavy atom. The van der Waals surface area contributed by atoms with Crippen molar-refractivity contribution in [1.29, 1.82) is 0 Å². The van der Waals surface area contributed by atoms with Crippen LogP contribution >= 0.6 is 0 Å². The standard InChI is InChI=1S/C13H28N2/c1-4-5-6-7-13(9-14)15(3)10-12-8-11(12)2/h11-13H,4-10,14H2,1-3H3. The average molecular weight is 212 g/mol. The second-order valence-electron chi connectivity index (χ2n) is 5.30. The van der Waals surface area contributed by atoms with Crippen LogP contribution in [0.25, 0.3) is 0 Å². The van der Waals surface area contributed by atoms with E-state index < -0.39 is 0 Å². The lowest BCUT2D eigenvalue weighted by Gasteiger charge is -2.27. The summed E-state index contributed by atoms with van der Waals surface area (Å²) in [5.74, 6) is 1.91. The van der Waals surface area contributed by atoms with Crippen molar-refractivity contribution in [2.75, 3.05) is 20.1 Å². The Labute approximate surface area is 95.2 Å². The molecule has 0 aromatic rings. The van der Waals surface area contributed by atoms with Gasteiger partial charge in [-0.15, -0.1) is 0 Å². The minimum Gasteiger partial charge on any atom is -0.329 e. The Bertz CT molecular complexity index is 170. The van der Waals surface area contributed by atoms with E-state index in [2.05, 4.69) is 25.8 Å². The summed E-state index contributed by atoms with van der Waals surface area (Å²) in [6.45, 7) is 6.69. The van der Waals surface area contributed by atoms with E-state index >= 15 is 0 Å². The van der Waals surface area contributed by atoms with Crippen molar-refractivity contribution in [3.05, 3.63) is 0 Å². The minimum absolute atomic E-state index is 0.615. The Kier molecular flexibility index (Phi) is 5.62. The van der Waals surface area contributed by atoms with E-state index in [0.29, 0.717) is 6.04 Å². The predicted molar refractivity (Wildman–Crippen MR) is 66.9 cm³/mol. The third-order valence-electron chi connectivity index (χ3n) is 3.83. The maximum absolute atomic E-state index is 5.85. The summed E-state index contributed by atoms with van der Waals surface area (Å²) < 4.78 is 0. The van der Waals surface area contributed by atoms with Gasteiger partial charge in [0.05, 0.1) is 0 Å². The van der Waals surface area contributed by atoms with E-state index in [0.717, 1.165) is 18.4 Å². The molecular formula is C13H28N2. The van der Waals surface area contributed by atoms with Crippen LogP contribution in [0.3, 0.4) is 0 Å². The van der Waals surface area contributed by atoms with E-state index in [-0.39, 0.29) is 0 Å². The molecule has 1 aliphatic rings. The molecule has 1 rings (SSSR count). The topological polar surface area (TPSA) is 29.3 Å². The normalized spacial score (nSPS) is 27.0. The highest BCUT2D eigenvalue weighted by Gasteiger charge is 2.34. The quantitative estimate of drug-likeness (QED) is 0.626. The zero-order valence-electron chi connectivity index (χ0n) is 10.7. The smallest absolute Gasteiger partial charge is 0.0215 e. The number of rotatable bonds is 8. The molecule has 3 unspecified atom stereocenters. The number of hydrogen-bond acceptors (Lipinski definition) is 2. The van der Waals surface area contributed by atoms with Gasteiger partial charge in [-0.05, 0) is 31.7 Å². The van der Waals surface area contributed by atoms with Gasteiger partial charge < -0.3 is 10.6 Å². The third kappa shape index (κ3) is 4.52. The molecule has 0 amide bonds. The monoisotopic (exact) mass is 212 g/mol. The molecule has 0 aromatic carbocycles. The highest BCUT2D eigenvalue weighted by Crippen LogP contribution is 2.38. The summed E-state index contributed by atoms with van der Waals surface area (Å²) in [6, 6.07) is 0.615. The molecule has 3 atom stereocenters. The molecule has 1 fully saturated rings. The van der Waals surface area contributed by atoms with Gasteiger partial charge in [-0.2, -0.15) is 0 Å². The van der Waals surface area contributed by atoms with Gasteiger partial charge in [0, 0.05) is 19.1 Å². The molecule has 0 aromatic heterocycles. The lowest BCUT2D eigenvalue weighted by molar-refractivity contribution is 0.219. The van der Waals surface area contributed by atoms with Gasteiger partial charge in [-0.1, -0.05) is 33.1 Å². The van der Waals surface area contributed by atoms with Crippen molar-refractivity contribution in [3.8, 4) is 0 Å². The van der Waals surface area contributed by atoms with Gasteiger partial charge in [0.15, 0.2) is 0 Å². The van der Waals surface area contributed by atoms with Gasteiger partial charge in [-0.25, -0.2) is 0 Å². The number of nitrogens with two attached hydrogens (primary N) is 1. The molecule has 90 valence electrons. The molecule has 0 radical (unpaired) electrons. The first-order chi connectivity index (χ1) is 7.19. The number of unbranched alkanes of at least 4 members (excludes halogenated alkanes) is 2. The van der Waals surface area contributed by atoms with Gasteiger partial charge in [0.2, 0.25) is 0 Å². The fourth-order valence-electron chi connectivity index (χ4n) is 2.32. The van der Waals surface area contributed by atoms with E-state index in [1.165, 1.54) is 38.6 Å².